The number of rotatable bonds is 4. The normalized spacial score (nSPS) is 25.7. The summed E-state index contributed by atoms with van der Waals surface area (Å²) >= 11 is 0. The van der Waals surface area contributed by atoms with Gasteiger partial charge in [0.05, 0.1) is 5.60 Å². The summed E-state index contributed by atoms with van der Waals surface area (Å²) in [5.41, 5.74) is 0.268. The summed E-state index contributed by atoms with van der Waals surface area (Å²) in [6.07, 6.45) is 2.25. The van der Waals surface area contributed by atoms with Gasteiger partial charge >= 0.3 is 0 Å². The van der Waals surface area contributed by atoms with E-state index >= 15 is 0 Å². The molecule has 0 aromatic rings. The van der Waals surface area contributed by atoms with Crippen LogP contribution in [0.25, 0.3) is 0 Å². The second kappa shape index (κ2) is 5.48. The largest absolute Gasteiger partial charge is 0.375 e. The maximum absolute atomic E-state index is 5.70. The predicted octanol–water partition coefficient (Wildman–Crippen LogP) is 1.92. The molecule has 3 nitrogen and oxygen atoms in total. The minimum Gasteiger partial charge on any atom is -0.375 e. The first-order valence-electron chi connectivity index (χ1n) is 6.41. The summed E-state index contributed by atoms with van der Waals surface area (Å²) in [6.45, 7) is 13.9. The third-order valence-corrected chi connectivity index (χ3v) is 2.91. The van der Waals surface area contributed by atoms with Gasteiger partial charge in [-0.1, -0.05) is 0 Å². The first-order chi connectivity index (χ1) is 7.29. The Bertz CT molecular complexity index is 208. The smallest absolute Gasteiger partial charge is 0.0641 e. The molecule has 0 radical (unpaired) electrons. The highest BCUT2D eigenvalue weighted by atomic mass is 16.5. The van der Waals surface area contributed by atoms with Crippen molar-refractivity contribution in [3.05, 3.63) is 0 Å². The summed E-state index contributed by atoms with van der Waals surface area (Å²) in [5.74, 6) is 0. The van der Waals surface area contributed by atoms with Crippen LogP contribution in [0.4, 0.5) is 0 Å². The zero-order valence-electron chi connectivity index (χ0n) is 11.5. The summed E-state index contributed by atoms with van der Waals surface area (Å²) in [4.78, 5) is 0. The van der Waals surface area contributed by atoms with Gasteiger partial charge in [0, 0.05) is 31.3 Å². The second-order valence-corrected chi connectivity index (χ2v) is 6.43. The fourth-order valence-electron chi connectivity index (χ4n) is 2.12. The SMILES string of the molecule is CC(C)(C)NCCNC1CCOC(C)(C)C1. The molecule has 1 atom stereocenters. The molecular weight excluding hydrogens is 200 g/mol. The lowest BCUT2D eigenvalue weighted by molar-refractivity contribution is -0.0627. The van der Waals surface area contributed by atoms with Crippen LogP contribution in [-0.4, -0.2) is 36.9 Å². The van der Waals surface area contributed by atoms with Crippen LogP contribution in [-0.2, 0) is 4.74 Å². The molecule has 0 aliphatic carbocycles. The predicted molar refractivity (Wildman–Crippen MR) is 68.8 cm³/mol. The van der Waals surface area contributed by atoms with Gasteiger partial charge in [-0.25, -0.2) is 0 Å². The van der Waals surface area contributed by atoms with Crippen LogP contribution in [0.1, 0.15) is 47.5 Å². The Balaban J connectivity index is 2.13. The zero-order chi connectivity index (χ0) is 12.2. The Morgan fingerprint density at radius 3 is 2.50 bits per heavy atom. The Hall–Kier alpha value is -0.120. The first kappa shape index (κ1) is 13.9. The van der Waals surface area contributed by atoms with Crippen molar-refractivity contribution >= 4 is 0 Å². The molecule has 3 heteroatoms. The molecule has 0 bridgehead atoms. The monoisotopic (exact) mass is 228 g/mol. The Kier molecular flexibility index (Phi) is 4.77. The molecule has 0 amide bonds. The van der Waals surface area contributed by atoms with Gasteiger partial charge in [-0.3, -0.25) is 0 Å². The molecule has 1 aliphatic heterocycles. The van der Waals surface area contributed by atoms with Crippen molar-refractivity contribution in [3.63, 3.8) is 0 Å². The molecule has 96 valence electrons. The first-order valence-corrected chi connectivity index (χ1v) is 6.41. The molecule has 16 heavy (non-hydrogen) atoms. The molecule has 0 saturated carbocycles. The fourth-order valence-corrected chi connectivity index (χ4v) is 2.12. The molecule has 1 unspecified atom stereocenters. The summed E-state index contributed by atoms with van der Waals surface area (Å²) in [6, 6.07) is 0.616. The van der Waals surface area contributed by atoms with Crippen molar-refractivity contribution in [2.24, 2.45) is 0 Å². The molecule has 1 aliphatic rings. The van der Waals surface area contributed by atoms with Gasteiger partial charge < -0.3 is 15.4 Å². The van der Waals surface area contributed by atoms with Crippen molar-refractivity contribution in [3.8, 4) is 0 Å². The van der Waals surface area contributed by atoms with Crippen molar-refractivity contribution in [1.29, 1.82) is 0 Å². The fraction of sp³-hybridized carbons (Fsp3) is 1.00. The Morgan fingerprint density at radius 2 is 1.94 bits per heavy atom. The average Bonchev–Trinajstić information content (AvgIpc) is 2.09. The van der Waals surface area contributed by atoms with Crippen molar-refractivity contribution in [1.82, 2.24) is 10.6 Å². The summed E-state index contributed by atoms with van der Waals surface area (Å²) in [5, 5.41) is 7.10. The third-order valence-electron chi connectivity index (χ3n) is 2.91. The van der Waals surface area contributed by atoms with E-state index in [1.807, 2.05) is 0 Å². The number of hydrogen-bond donors (Lipinski definition) is 2. The van der Waals surface area contributed by atoms with Gasteiger partial charge in [0.2, 0.25) is 0 Å². The lowest BCUT2D eigenvalue weighted by Crippen LogP contribution is -2.47. The van der Waals surface area contributed by atoms with Crippen molar-refractivity contribution in [2.75, 3.05) is 19.7 Å². The van der Waals surface area contributed by atoms with Crippen LogP contribution in [0, 0.1) is 0 Å². The van der Waals surface area contributed by atoms with Gasteiger partial charge in [0.25, 0.3) is 0 Å². The van der Waals surface area contributed by atoms with Crippen LogP contribution >= 0.6 is 0 Å². The second-order valence-electron chi connectivity index (χ2n) is 6.43. The number of nitrogens with one attached hydrogen (secondary N) is 2. The third kappa shape index (κ3) is 5.83. The van der Waals surface area contributed by atoms with E-state index in [1.54, 1.807) is 0 Å². The van der Waals surface area contributed by atoms with E-state index in [2.05, 4.69) is 45.3 Å². The summed E-state index contributed by atoms with van der Waals surface area (Å²) in [7, 11) is 0. The number of ether oxygens (including phenoxy) is 1. The van der Waals surface area contributed by atoms with E-state index in [1.165, 1.54) is 0 Å². The minimum atomic E-state index is 0.0490. The quantitative estimate of drug-likeness (QED) is 0.721. The molecule has 0 aromatic heterocycles. The van der Waals surface area contributed by atoms with Crippen LogP contribution < -0.4 is 10.6 Å². The van der Waals surface area contributed by atoms with Gasteiger partial charge in [-0.05, 0) is 47.5 Å². The minimum absolute atomic E-state index is 0.0490. The standard InChI is InChI=1S/C13H28N2O/c1-12(2,3)15-8-7-14-11-6-9-16-13(4,5)10-11/h11,14-15H,6-10H2,1-5H3. The van der Waals surface area contributed by atoms with Crippen LogP contribution in [0.3, 0.4) is 0 Å². The van der Waals surface area contributed by atoms with Crippen molar-refractivity contribution in [2.45, 2.75) is 64.6 Å². The maximum Gasteiger partial charge on any atom is 0.0641 e. The topological polar surface area (TPSA) is 33.3 Å². The van der Waals surface area contributed by atoms with Crippen molar-refractivity contribution < 1.29 is 4.74 Å². The van der Waals surface area contributed by atoms with Crippen LogP contribution in [0.2, 0.25) is 0 Å². The Labute approximate surface area is 100 Å². The van der Waals surface area contributed by atoms with E-state index < -0.39 is 0 Å². The highest BCUT2D eigenvalue weighted by Crippen LogP contribution is 2.23. The molecule has 1 fully saturated rings. The summed E-state index contributed by atoms with van der Waals surface area (Å²) < 4.78 is 5.70. The molecule has 0 spiro atoms. The molecule has 1 saturated heterocycles. The number of hydrogen-bond acceptors (Lipinski definition) is 3. The molecular formula is C13H28N2O. The van der Waals surface area contributed by atoms with Crippen LogP contribution in [0.15, 0.2) is 0 Å². The highest BCUT2D eigenvalue weighted by molar-refractivity contribution is 4.83. The zero-order valence-corrected chi connectivity index (χ0v) is 11.5. The lowest BCUT2D eigenvalue weighted by Gasteiger charge is -2.36. The van der Waals surface area contributed by atoms with Gasteiger partial charge in [0.15, 0.2) is 0 Å². The van der Waals surface area contributed by atoms with E-state index in [0.717, 1.165) is 32.5 Å². The van der Waals surface area contributed by atoms with Gasteiger partial charge in [-0.15, -0.1) is 0 Å². The van der Waals surface area contributed by atoms with E-state index in [4.69, 9.17) is 4.74 Å². The molecule has 1 rings (SSSR count). The molecule has 0 aromatic carbocycles. The average molecular weight is 228 g/mol. The molecule has 1 heterocycles. The van der Waals surface area contributed by atoms with E-state index in [0.29, 0.717) is 6.04 Å². The Morgan fingerprint density at radius 1 is 1.25 bits per heavy atom. The van der Waals surface area contributed by atoms with Gasteiger partial charge in [0.1, 0.15) is 0 Å². The maximum atomic E-state index is 5.70. The van der Waals surface area contributed by atoms with Crippen LogP contribution in [0.5, 0.6) is 0 Å². The van der Waals surface area contributed by atoms with E-state index in [-0.39, 0.29) is 11.1 Å². The lowest BCUT2D eigenvalue weighted by atomic mass is 9.94. The molecule has 2 N–H and O–H groups in total. The highest BCUT2D eigenvalue weighted by Gasteiger charge is 2.28. The van der Waals surface area contributed by atoms with Gasteiger partial charge in [-0.2, -0.15) is 0 Å². The van der Waals surface area contributed by atoms with E-state index in [9.17, 15) is 0 Å².